The molecule has 3 aromatic rings. The van der Waals surface area contributed by atoms with Gasteiger partial charge >= 0.3 is 0 Å². The number of anilines is 3. The third-order valence-corrected chi connectivity index (χ3v) is 6.12. The summed E-state index contributed by atoms with van der Waals surface area (Å²) in [4.78, 5) is 24.2. The molecular formula is C24H24N8O4. The van der Waals surface area contributed by atoms with Crippen LogP contribution < -0.4 is 21.1 Å². The van der Waals surface area contributed by atoms with E-state index in [1.165, 1.54) is 13.2 Å². The Morgan fingerprint density at radius 3 is 2.72 bits per heavy atom. The minimum Gasteiger partial charge on any atom is -0.494 e. The second-order valence-electron chi connectivity index (χ2n) is 8.63. The summed E-state index contributed by atoms with van der Waals surface area (Å²) in [6.07, 6.45) is 4.30. The number of benzene rings is 1. The Balaban J connectivity index is 1.51. The molecule has 184 valence electrons. The number of hydrogen-bond donors (Lipinski definition) is 3. The predicted molar refractivity (Wildman–Crippen MR) is 129 cm³/mol. The molecule has 2 aliphatic rings. The van der Waals surface area contributed by atoms with E-state index in [1.807, 2.05) is 12.3 Å². The number of nitriles is 1. The van der Waals surface area contributed by atoms with Crippen molar-refractivity contribution in [3.63, 3.8) is 0 Å². The lowest BCUT2D eigenvalue weighted by Gasteiger charge is -2.16. The highest BCUT2D eigenvalue weighted by Crippen LogP contribution is 2.40. The van der Waals surface area contributed by atoms with Crippen molar-refractivity contribution >= 4 is 29.0 Å². The molecule has 1 saturated carbocycles. The van der Waals surface area contributed by atoms with Crippen molar-refractivity contribution in [3.8, 4) is 22.9 Å². The summed E-state index contributed by atoms with van der Waals surface area (Å²) in [5.74, 6) is -0.336. The molecule has 0 bridgehead atoms. The molecular weight excluding hydrogens is 464 g/mol. The van der Waals surface area contributed by atoms with E-state index in [9.17, 15) is 14.9 Å². The zero-order valence-electron chi connectivity index (χ0n) is 19.5. The van der Waals surface area contributed by atoms with Gasteiger partial charge < -0.3 is 25.8 Å². The molecule has 0 radical (unpaired) electrons. The summed E-state index contributed by atoms with van der Waals surface area (Å²) in [7, 11) is 1.51. The molecule has 3 heterocycles. The van der Waals surface area contributed by atoms with E-state index < -0.39 is 5.91 Å². The highest BCUT2D eigenvalue weighted by atomic mass is 16.5. The largest absolute Gasteiger partial charge is 0.494 e. The molecule has 5 rings (SSSR count). The van der Waals surface area contributed by atoms with Crippen molar-refractivity contribution in [3.05, 3.63) is 41.9 Å². The first-order valence-electron chi connectivity index (χ1n) is 11.5. The molecule has 1 aromatic carbocycles. The fourth-order valence-electron chi connectivity index (χ4n) is 4.11. The highest BCUT2D eigenvalue weighted by Gasteiger charge is 2.30. The minimum absolute atomic E-state index is 0.0261. The number of amides is 2. The third kappa shape index (κ3) is 4.56. The summed E-state index contributed by atoms with van der Waals surface area (Å²) in [5.41, 5.74) is 7.64. The molecule has 36 heavy (non-hydrogen) atoms. The van der Waals surface area contributed by atoms with Crippen LogP contribution >= 0.6 is 0 Å². The van der Waals surface area contributed by atoms with Crippen LogP contribution in [0, 0.1) is 17.2 Å². The Hall–Kier alpha value is -4.50. The first-order chi connectivity index (χ1) is 17.5. The van der Waals surface area contributed by atoms with Crippen LogP contribution in [-0.4, -0.2) is 52.1 Å². The quantitative estimate of drug-likeness (QED) is 0.430. The maximum Gasteiger partial charge on any atom is 0.271 e. The van der Waals surface area contributed by atoms with Crippen LogP contribution in [0.2, 0.25) is 0 Å². The zero-order chi connectivity index (χ0) is 25.2. The second-order valence-corrected chi connectivity index (χ2v) is 8.63. The SMILES string of the molecule is COc1c(Nc2cc(NC(=O)C3CC3)nnc2C(N)=O)cccc1-c1cn([C@@H]2CCOC2)nc1C#N. The van der Waals surface area contributed by atoms with Crippen LogP contribution in [0.15, 0.2) is 30.5 Å². The molecule has 12 nitrogen and oxygen atoms in total. The van der Waals surface area contributed by atoms with Crippen LogP contribution in [0.5, 0.6) is 5.75 Å². The molecule has 1 atom stereocenters. The third-order valence-electron chi connectivity index (χ3n) is 6.12. The van der Waals surface area contributed by atoms with Gasteiger partial charge in [0, 0.05) is 35.9 Å². The topological polar surface area (TPSA) is 170 Å². The molecule has 1 aliphatic heterocycles. The lowest BCUT2D eigenvalue weighted by Crippen LogP contribution is -2.19. The van der Waals surface area contributed by atoms with E-state index in [1.54, 1.807) is 16.8 Å². The minimum atomic E-state index is -0.785. The summed E-state index contributed by atoms with van der Waals surface area (Å²) >= 11 is 0. The van der Waals surface area contributed by atoms with Crippen molar-refractivity contribution in [1.29, 1.82) is 5.26 Å². The fraction of sp³-hybridized carbons (Fsp3) is 0.333. The van der Waals surface area contributed by atoms with E-state index >= 15 is 0 Å². The van der Waals surface area contributed by atoms with Crippen LogP contribution in [0.1, 0.15) is 41.5 Å². The molecule has 2 amide bonds. The van der Waals surface area contributed by atoms with Crippen molar-refractivity contribution in [2.75, 3.05) is 31.0 Å². The smallest absolute Gasteiger partial charge is 0.271 e. The van der Waals surface area contributed by atoms with E-state index in [0.717, 1.165) is 19.3 Å². The molecule has 1 saturated heterocycles. The Bertz CT molecular complexity index is 1370. The summed E-state index contributed by atoms with van der Waals surface area (Å²) < 4.78 is 12.9. The van der Waals surface area contributed by atoms with E-state index in [4.69, 9.17) is 15.2 Å². The highest BCUT2D eigenvalue weighted by molar-refractivity contribution is 5.99. The average molecular weight is 489 g/mol. The van der Waals surface area contributed by atoms with Crippen LogP contribution in [0.3, 0.4) is 0 Å². The molecule has 1 aliphatic carbocycles. The Kier molecular flexibility index (Phi) is 6.22. The van der Waals surface area contributed by atoms with Gasteiger partial charge in [0.15, 0.2) is 17.2 Å². The first kappa shape index (κ1) is 23.3. The van der Waals surface area contributed by atoms with Gasteiger partial charge in [0.05, 0.1) is 31.1 Å². The number of nitrogens with two attached hydrogens (primary N) is 1. The number of para-hydroxylation sites is 1. The number of carbonyl (C=O) groups excluding carboxylic acids is 2. The van der Waals surface area contributed by atoms with E-state index in [0.29, 0.717) is 35.8 Å². The maximum atomic E-state index is 12.2. The molecule has 2 aromatic heterocycles. The number of ether oxygens (including phenoxy) is 2. The average Bonchev–Trinajstić information content (AvgIpc) is 3.41. The van der Waals surface area contributed by atoms with Crippen LogP contribution in [0.4, 0.5) is 17.2 Å². The summed E-state index contributed by atoms with van der Waals surface area (Å²) in [5, 5.41) is 27.8. The van der Waals surface area contributed by atoms with Gasteiger partial charge in [0.25, 0.3) is 5.91 Å². The number of methoxy groups -OCH3 is 1. The molecule has 0 unspecified atom stereocenters. The van der Waals surface area contributed by atoms with Crippen molar-refractivity contribution in [1.82, 2.24) is 20.0 Å². The summed E-state index contributed by atoms with van der Waals surface area (Å²) in [6, 6.07) is 9.06. The monoisotopic (exact) mass is 488 g/mol. The lowest BCUT2D eigenvalue weighted by molar-refractivity contribution is -0.117. The zero-order valence-corrected chi connectivity index (χ0v) is 19.5. The van der Waals surface area contributed by atoms with Gasteiger partial charge in [-0.25, -0.2) is 0 Å². The molecule has 12 heteroatoms. The van der Waals surface area contributed by atoms with Gasteiger partial charge in [-0.15, -0.1) is 10.2 Å². The lowest BCUT2D eigenvalue weighted by atomic mass is 10.0. The standard InChI is InChI=1S/C24H24N8O4/c1-35-22-15(16-11-32(31-19(16)10-25)14-7-8-36-12-14)3-2-4-17(22)27-18-9-20(28-24(34)13-5-6-13)29-30-21(18)23(26)33/h2-4,9,11,13-14H,5-8,12H2,1H3,(H2,26,33)(H2,27,28,29,34)/t14-/m1/s1. The first-order valence-corrected chi connectivity index (χ1v) is 11.5. The second kappa shape index (κ2) is 9.63. The van der Waals surface area contributed by atoms with Gasteiger partial charge in [-0.2, -0.15) is 10.4 Å². The number of aromatic nitrogens is 4. The van der Waals surface area contributed by atoms with Gasteiger partial charge in [-0.05, 0) is 25.3 Å². The number of nitrogens with one attached hydrogen (secondary N) is 2. The number of primary amides is 1. The Labute approximate surface area is 206 Å². The van der Waals surface area contributed by atoms with Gasteiger partial charge in [0.1, 0.15) is 11.8 Å². The summed E-state index contributed by atoms with van der Waals surface area (Å²) in [6.45, 7) is 1.19. The predicted octanol–water partition coefficient (Wildman–Crippen LogP) is 2.37. The number of carbonyl (C=O) groups is 2. The van der Waals surface area contributed by atoms with E-state index in [-0.39, 0.29) is 40.8 Å². The van der Waals surface area contributed by atoms with Crippen molar-refractivity contribution in [2.45, 2.75) is 25.3 Å². The molecule has 0 spiro atoms. The molecule has 2 fully saturated rings. The number of hydrogen-bond acceptors (Lipinski definition) is 9. The Morgan fingerprint density at radius 2 is 2.06 bits per heavy atom. The van der Waals surface area contributed by atoms with Gasteiger partial charge in [0.2, 0.25) is 5.91 Å². The van der Waals surface area contributed by atoms with Crippen molar-refractivity contribution < 1.29 is 19.1 Å². The van der Waals surface area contributed by atoms with Crippen molar-refractivity contribution in [2.24, 2.45) is 11.7 Å². The Morgan fingerprint density at radius 1 is 1.22 bits per heavy atom. The van der Waals surface area contributed by atoms with E-state index in [2.05, 4.69) is 32.0 Å². The van der Waals surface area contributed by atoms with Gasteiger partial charge in [-0.3, -0.25) is 14.3 Å². The molecule has 4 N–H and O–H groups in total. The maximum absolute atomic E-state index is 12.2. The fourth-order valence-corrected chi connectivity index (χ4v) is 4.11. The van der Waals surface area contributed by atoms with Crippen LogP contribution in [0.25, 0.3) is 11.1 Å². The van der Waals surface area contributed by atoms with Gasteiger partial charge in [-0.1, -0.05) is 12.1 Å². The normalized spacial score (nSPS) is 16.8. The van der Waals surface area contributed by atoms with Crippen LogP contribution in [-0.2, 0) is 9.53 Å². The number of rotatable bonds is 8. The number of nitrogens with zero attached hydrogens (tertiary/aromatic N) is 5.